The molecule has 94 valence electrons. The fraction of sp³-hybridized carbons (Fsp3) is 0.154. The second kappa shape index (κ2) is 5.73. The third kappa shape index (κ3) is 3.13. The molecule has 1 heterocycles. The summed E-state index contributed by atoms with van der Waals surface area (Å²) >= 11 is 3.42. The Morgan fingerprint density at radius 2 is 2.17 bits per heavy atom. The van der Waals surface area contributed by atoms with E-state index in [2.05, 4.69) is 26.2 Å². The van der Waals surface area contributed by atoms with Crippen LogP contribution in [0.15, 0.2) is 41.0 Å². The molecule has 0 aliphatic carbocycles. The lowest BCUT2D eigenvalue weighted by Gasteiger charge is -2.11. The number of halogens is 1. The molecule has 1 aromatic carbocycles. The summed E-state index contributed by atoms with van der Waals surface area (Å²) in [5.41, 5.74) is 1.73. The number of rotatable bonds is 4. The van der Waals surface area contributed by atoms with Crippen molar-refractivity contribution in [3.8, 4) is 11.5 Å². The minimum absolute atomic E-state index is 0.166. The van der Waals surface area contributed by atoms with Gasteiger partial charge in [0, 0.05) is 4.47 Å². The average molecular weight is 309 g/mol. The van der Waals surface area contributed by atoms with Crippen LogP contribution in [0.3, 0.4) is 0 Å². The summed E-state index contributed by atoms with van der Waals surface area (Å²) in [4.78, 5) is 4.11. The molecule has 0 spiro atoms. The van der Waals surface area contributed by atoms with Crippen molar-refractivity contribution < 1.29 is 9.84 Å². The third-order valence-electron chi connectivity index (χ3n) is 2.43. The normalized spacial score (nSPS) is 10.1. The summed E-state index contributed by atoms with van der Waals surface area (Å²) in [5, 5.41) is 12.4. The molecule has 0 aliphatic rings. The molecule has 0 unspecified atom stereocenters. The number of ether oxygens (including phenoxy) is 1. The lowest BCUT2D eigenvalue weighted by molar-refractivity contribution is 0.416. The van der Waals surface area contributed by atoms with Gasteiger partial charge in [-0.05, 0) is 30.3 Å². The molecule has 2 rings (SSSR count). The molecule has 1 aromatic heterocycles. The molecule has 0 amide bonds. The third-order valence-corrected chi connectivity index (χ3v) is 2.92. The second-order valence-electron chi connectivity index (χ2n) is 3.71. The van der Waals surface area contributed by atoms with Crippen molar-refractivity contribution in [3.63, 3.8) is 0 Å². The van der Waals surface area contributed by atoms with E-state index in [-0.39, 0.29) is 5.75 Å². The summed E-state index contributed by atoms with van der Waals surface area (Å²) in [6.07, 6.45) is 1.43. The zero-order chi connectivity index (χ0) is 13.0. The first-order valence-corrected chi connectivity index (χ1v) is 6.19. The van der Waals surface area contributed by atoms with Gasteiger partial charge in [-0.15, -0.1) is 0 Å². The Morgan fingerprint density at radius 3 is 2.83 bits per heavy atom. The number of hydrogen-bond donors (Lipinski definition) is 2. The summed E-state index contributed by atoms with van der Waals surface area (Å²) < 4.78 is 6.24. The molecule has 5 heteroatoms. The number of aromatic hydroxyl groups is 1. The van der Waals surface area contributed by atoms with Crippen molar-refractivity contribution in [1.29, 1.82) is 0 Å². The Hall–Kier alpha value is -1.75. The van der Waals surface area contributed by atoms with Crippen molar-refractivity contribution in [1.82, 2.24) is 4.98 Å². The maximum atomic E-state index is 9.15. The van der Waals surface area contributed by atoms with Crippen LogP contribution < -0.4 is 10.1 Å². The second-order valence-corrected chi connectivity index (χ2v) is 4.62. The molecular formula is C13H13BrN2O2. The first kappa shape index (κ1) is 12.7. The van der Waals surface area contributed by atoms with Crippen LogP contribution >= 0.6 is 15.9 Å². The average Bonchev–Trinajstić information content (AvgIpc) is 2.38. The highest BCUT2D eigenvalue weighted by molar-refractivity contribution is 9.10. The largest absolute Gasteiger partial charge is 0.506 e. The lowest BCUT2D eigenvalue weighted by atomic mass is 10.2. The Kier molecular flexibility index (Phi) is 4.04. The van der Waals surface area contributed by atoms with Gasteiger partial charge < -0.3 is 15.2 Å². The highest BCUT2D eigenvalue weighted by Crippen LogP contribution is 2.28. The number of aromatic nitrogens is 1. The number of nitrogens with zero attached hydrogens (tertiary/aromatic N) is 1. The molecule has 4 nitrogen and oxygen atoms in total. The van der Waals surface area contributed by atoms with Gasteiger partial charge in [0.2, 0.25) is 0 Å². The van der Waals surface area contributed by atoms with E-state index in [1.54, 1.807) is 19.2 Å². The fourth-order valence-electron chi connectivity index (χ4n) is 1.53. The molecule has 0 radical (unpaired) electrons. The molecule has 2 aromatic rings. The summed E-state index contributed by atoms with van der Waals surface area (Å²) in [5.74, 6) is 0.941. The summed E-state index contributed by atoms with van der Waals surface area (Å²) in [6.45, 7) is 0.563. The number of pyridine rings is 1. The standard InChI is InChI=1S/C13H13BrN2O2/c1-18-13-5-2-9(14)6-12(13)16-7-10-3-4-11(17)8-15-10/h2-6,8,16-17H,7H2,1H3. The molecule has 0 saturated heterocycles. The molecule has 0 fully saturated rings. The van der Waals surface area contributed by atoms with E-state index in [1.165, 1.54) is 6.20 Å². The first-order valence-electron chi connectivity index (χ1n) is 5.40. The molecular weight excluding hydrogens is 296 g/mol. The monoisotopic (exact) mass is 308 g/mol. The van der Waals surface area contributed by atoms with Crippen molar-refractivity contribution >= 4 is 21.6 Å². The highest BCUT2D eigenvalue weighted by atomic mass is 79.9. The van der Waals surface area contributed by atoms with Crippen LogP contribution in [0.4, 0.5) is 5.69 Å². The highest BCUT2D eigenvalue weighted by Gasteiger charge is 2.03. The topological polar surface area (TPSA) is 54.4 Å². The van der Waals surface area contributed by atoms with E-state index >= 15 is 0 Å². The van der Waals surface area contributed by atoms with E-state index in [1.807, 2.05) is 18.2 Å². The molecule has 2 N–H and O–H groups in total. The molecule has 18 heavy (non-hydrogen) atoms. The van der Waals surface area contributed by atoms with Crippen molar-refractivity contribution in [3.05, 3.63) is 46.7 Å². The van der Waals surface area contributed by atoms with Gasteiger partial charge in [-0.3, -0.25) is 4.98 Å². The minimum atomic E-state index is 0.166. The zero-order valence-electron chi connectivity index (χ0n) is 9.85. The van der Waals surface area contributed by atoms with Gasteiger partial charge in [-0.25, -0.2) is 0 Å². The first-order chi connectivity index (χ1) is 8.69. The van der Waals surface area contributed by atoms with E-state index in [9.17, 15) is 0 Å². The van der Waals surface area contributed by atoms with Crippen molar-refractivity contribution in [2.24, 2.45) is 0 Å². The zero-order valence-corrected chi connectivity index (χ0v) is 11.4. The lowest BCUT2D eigenvalue weighted by Crippen LogP contribution is -2.02. The maximum Gasteiger partial charge on any atom is 0.142 e. The van der Waals surface area contributed by atoms with Gasteiger partial charge in [0.15, 0.2) is 0 Å². The van der Waals surface area contributed by atoms with Gasteiger partial charge in [-0.1, -0.05) is 15.9 Å². The van der Waals surface area contributed by atoms with Crippen LogP contribution in [0.2, 0.25) is 0 Å². The minimum Gasteiger partial charge on any atom is -0.506 e. The van der Waals surface area contributed by atoms with Crippen LogP contribution in [-0.4, -0.2) is 17.2 Å². The van der Waals surface area contributed by atoms with Crippen molar-refractivity contribution in [2.75, 3.05) is 12.4 Å². The maximum absolute atomic E-state index is 9.15. The van der Waals surface area contributed by atoms with Gasteiger partial charge in [0.1, 0.15) is 11.5 Å². The molecule has 0 bridgehead atoms. The Morgan fingerprint density at radius 1 is 1.33 bits per heavy atom. The van der Waals surface area contributed by atoms with Crippen LogP contribution in [0, 0.1) is 0 Å². The Labute approximate surface area is 114 Å². The number of nitrogens with one attached hydrogen (secondary N) is 1. The molecule has 0 atom stereocenters. The van der Waals surface area contributed by atoms with Gasteiger partial charge in [0.05, 0.1) is 31.2 Å². The summed E-state index contributed by atoms with van der Waals surface area (Å²) in [6, 6.07) is 9.13. The Bertz CT molecular complexity index is 529. The van der Waals surface area contributed by atoms with Crippen LogP contribution in [0.1, 0.15) is 5.69 Å². The van der Waals surface area contributed by atoms with E-state index in [0.717, 1.165) is 21.6 Å². The van der Waals surface area contributed by atoms with Crippen LogP contribution in [0.25, 0.3) is 0 Å². The van der Waals surface area contributed by atoms with Crippen molar-refractivity contribution in [2.45, 2.75) is 6.54 Å². The van der Waals surface area contributed by atoms with Gasteiger partial charge in [-0.2, -0.15) is 0 Å². The van der Waals surface area contributed by atoms with E-state index in [0.29, 0.717) is 6.54 Å². The predicted molar refractivity (Wildman–Crippen MR) is 73.9 cm³/mol. The number of hydrogen-bond acceptors (Lipinski definition) is 4. The summed E-state index contributed by atoms with van der Waals surface area (Å²) in [7, 11) is 1.63. The van der Waals surface area contributed by atoms with E-state index in [4.69, 9.17) is 9.84 Å². The van der Waals surface area contributed by atoms with Gasteiger partial charge >= 0.3 is 0 Å². The Balaban J connectivity index is 2.09. The molecule has 0 aliphatic heterocycles. The fourth-order valence-corrected chi connectivity index (χ4v) is 1.89. The van der Waals surface area contributed by atoms with Crippen LogP contribution in [-0.2, 0) is 6.54 Å². The predicted octanol–water partition coefficient (Wildman–Crippen LogP) is 3.17. The van der Waals surface area contributed by atoms with Crippen LogP contribution in [0.5, 0.6) is 11.5 Å². The molecule has 0 saturated carbocycles. The number of methoxy groups -OCH3 is 1. The van der Waals surface area contributed by atoms with E-state index < -0.39 is 0 Å². The SMILES string of the molecule is COc1ccc(Br)cc1NCc1ccc(O)cn1. The quantitative estimate of drug-likeness (QED) is 0.911. The number of benzene rings is 1. The van der Waals surface area contributed by atoms with Gasteiger partial charge in [0.25, 0.3) is 0 Å². The smallest absolute Gasteiger partial charge is 0.142 e. The number of anilines is 1.